The van der Waals surface area contributed by atoms with Crippen molar-refractivity contribution in [3.63, 3.8) is 0 Å². The number of benzene rings is 1. The number of methoxy groups -OCH3 is 1. The first-order valence-corrected chi connectivity index (χ1v) is 7.02. The molecule has 6 nitrogen and oxygen atoms in total. The number of carboxylic acids is 1. The van der Waals surface area contributed by atoms with Crippen LogP contribution in [0.2, 0.25) is 0 Å². The van der Waals surface area contributed by atoms with E-state index in [1.807, 2.05) is 24.3 Å². The zero-order valence-electron chi connectivity index (χ0n) is 12.0. The Morgan fingerprint density at radius 3 is 2.71 bits per heavy atom. The maximum absolute atomic E-state index is 12.0. The summed E-state index contributed by atoms with van der Waals surface area (Å²) in [5.74, 6) is -0.137. The molecule has 1 heterocycles. The van der Waals surface area contributed by atoms with Gasteiger partial charge in [0.15, 0.2) is 0 Å². The number of rotatable bonds is 5. The lowest BCUT2D eigenvalue weighted by atomic mass is 10.1. The largest absolute Gasteiger partial charge is 0.497 e. The third kappa shape index (κ3) is 3.87. The molecule has 0 aromatic heterocycles. The summed E-state index contributed by atoms with van der Waals surface area (Å²) in [4.78, 5) is 24.4. The van der Waals surface area contributed by atoms with Gasteiger partial charge in [-0.25, -0.2) is 9.59 Å². The highest BCUT2D eigenvalue weighted by atomic mass is 16.5. The summed E-state index contributed by atoms with van der Waals surface area (Å²) in [7, 11) is 1.62. The molecule has 1 aromatic rings. The predicted octanol–water partition coefficient (Wildman–Crippen LogP) is 1.50. The molecule has 0 bridgehead atoms. The number of nitrogens with one attached hydrogen (secondary N) is 1. The molecule has 2 amide bonds. The van der Waals surface area contributed by atoms with Crippen molar-refractivity contribution < 1.29 is 19.4 Å². The van der Waals surface area contributed by atoms with Gasteiger partial charge in [-0.15, -0.1) is 0 Å². The van der Waals surface area contributed by atoms with Gasteiger partial charge in [0.25, 0.3) is 0 Å². The van der Waals surface area contributed by atoms with E-state index in [1.54, 1.807) is 7.11 Å². The Morgan fingerprint density at radius 2 is 2.10 bits per heavy atom. The van der Waals surface area contributed by atoms with Gasteiger partial charge in [0.1, 0.15) is 11.8 Å². The Hall–Kier alpha value is -2.24. The van der Waals surface area contributed by atoms with Crippen LogP contribution in [0.4, 0.5) is 4.79 Å². The summed E-state index contributed by atoms with van der Waals surface area (Å²) in [5.41, 5.74) is 1.09. The Morgan fingerprint density at radius 1 is 1.38 bits per heavy atom. The van der Waals surface area contributed by atoms with Crippen LogP contribution in [0, 0.1) is 0 Å². The average molecular weight is 292 g/mol. The second kappa shape index (κ2) is 6.97. The molecule has 114 valence electrons. The van der Waals surface area contributed by atoms with Gasteiger partial charge in [-0.2, -0.15) is 0 Å². The molecule has 1 saturated heterocycles. The minimum Gasteiger partial charge on any atom is -0.497 e. The highest BCUT2D eigenvalue weighted by Crippen LogP contribution is 2.17. The molecule has 0 radical (unpaired) electrons. The van der Waals surface area contributed by atoms with Crippen LogP contribution in [0.1, 0.15) is 18.4 Å². The standard InChI is InChI=1S/C15H20N2O4/c1-21-12-6-4-11(5-7-12)8-9-16-15(20)17-10-2-3-13(17)14(18)19/h4-7,13H,2-3,8-10H2,1H3,(H,16,20)(H,18,19). The van der Waals surface area contributed by atoms with Gasteiger partial charge >= 0.3 is 12.0 Å². The van der Waals surface area contributed by atoms with Gasteiger partial charge in [-0.1, -0.05) is 12.1 Å². The van der Waals surface area contributed by atoms with Crippen molar-refractivity contribution in [1.29, 1.82) is 0 Å². The molecule has 0 spiro atoms. The van der Waals surface area contributed by atoms with Crippen LogP contribution in [0.25, 0.3) is 0 Å². The zero-order chi connectivity index (χ0) is 15.2. The fourth-order valence-electron chi connectivity index (χ4n) is 2.47. The Kier molecular flexibility index (Phi) is 5.03. The second-order valence-corrected chi connectivity index (χ2v) is 5.02. The molecular formula is C15H20N2O4. The lowest BCUT2D eigenvalue weighted by Crippen LogP contribution is -2.46. The van der Waals surface area contributed by atoms with Gasteiger partial charge in [0.05, 0.1) is 7.11 Å². The maximum atomic E-state index is 12.0. The molecule has 1 fully saturated rings. The minimum absolute atomic E-state index is 0.298. The van der Waals surface area contributed by atoms with Crippen molar-refractivity contribution in [1.82, 2.24) is 10.2 Å². The summed E-state index contributed by atoms with van der Waals surface area (Å²) in [5, 5.41) is 11.8. The van der Waals surface area contributed by atoms with Gasteiger partial charge in [-0.3, -0.25) is 0 Å². The number of likely N-dealkylation sites (tertiary alicyclic amines) is 1. The number of carboxylic acid groups (broad SMARTS) is 1. The first-order chi connectivity index (χ1) is 10.1. The monoisotopic (exact) mass is 292 g/mol. The topological polar surface area (TPSA) is 78.9 Å². The van der Waals surface area contributed by atoms with Gasteiger partial charge in [0, 0.05) is 13.1 Å². The molecule has 1 aliphatic rings. The number of ether oxygens (including phenoxy) is 1. The Labute approximate surface area is 123 Å². The lowest BCUT2D eigenvalue weighted by Gasteiger charge is -2.21. The summed E-state index contributed by atoms with van der Waals surface area (Å²) in [6.45, 7) is 0.985. The molecule has 1 aromatic carbocycles. The second-order valence-electron chi connectivity index (χ2n) is 5.02. The van der Waals surface area contributed by atoms with Crippen LogP contribution in [-0.2, 0) is 11.2 Å². The molecule has 1 aliphatic heterocycles. The number of carbonyl (C=O) groups excluding carboxylic acids is 1. The first-order valence-electron chi connectivity index (χ1n) is 7.02. The van der Waals surface area contributed by atoms with E-state index >= 15 is 0 Å². The number of urea groups is 1. The molecule has 21 heavy (non-hydrogen) atoms. The number of amides is 2. The van der Waals surface area contributed by atoms with Gasteiger partial charge in [-0.05, 0) is 37.0 Å². The van der Waals surface area contributed by atoms with E-state index < -0.39 is 12.0 Å². The van der Waals surface area contributed by atoms with Crippen LogP contribution >= 0.6 is 0 Å². The molecular weight excluding hydrogens is 272 g/mol. The van der Waals surface area contributed by atoms with Crippen molar-refractivity contribution >= 4 is 12.0 Å². The minimum atomic E-state index is -0.933. The fraction of sp³-hybridized carbons (Fsp3) is 0.467. The molecule has 1 unspecified atom stereocenters. The highest BCUT2D eigenvalue weighted by molar-refractivity contribution is 5.83. The van der Waals surface area contributed by atoms with E-state index in [4.69, 9.17) is 9.84 Å². The van der Waals surface area contributed by atoms with Gasteiger partial charge < -0.3 is 20.1 Å². The van der Waals surface area contributed by atoms with E-state index in [1.165, 1.54) is 4.90 Å². The highest BCUT2D eigenvalue weighted by Gasteiger charge is 2.33. The summed E-state index contributed by atoms with van der Waals surface area (Å²) in [6.07, 6.45) is 1.96. The molecule has 0 aliphatic carbocycles. The fourth-order valence-corrected chi connectivity index (χ4v) is 2.47. The summed E-state index contributed by atoms with van der Waals surface area (Å²) >= 11 is 0. The van der Waals surface area contributed by atoms with Crippen molar-refractivity contribution in [3.05, 3.63) is 29.8 Å². The van der Waals surface area contributed by atoms with Crippen LogP contribution in [0.3, 0.4) is 0 Å². The van der Waals surface area contributed by atoms with Crippen molar-refractivity contribution in [3.8, 4) is 5.75 Å². The SMILES string of the molecule is COc1ccc(CCNC(=O)N2CCCC2C(=O)O)cc1. The van der Waals surface area contributed by atoms with Crippen molar-refractivity contribution in [2.45, 2.75) is 25.3 Å². The van der Waals surface area contributed by atoms with E-state index in [2.05, 4.69) is 5.32 Å². The number of hydrogen-bond acceptors (Lipinski definition) is 3. The van der Waals surface area contributed by atoms with E-state index in [-0.39, 0.29) is 6.03 Å². The first kappa shape index (κ1) is 15.2. The maximum Gasteiger partial charge on any atom is 0.326 e. The zero-order valence-corrected chi connectivity index (χ0v) is 12.0. The van der Waals surface area contributed by atoms with E-state index in [0.717, 1.165) is 17.7 Å². The Balaban J connectivity index is 1.79. The van der Waals surface area contributed by atoms with Crippen LogP contribution in [0.15, 0.2) is 24.3 Å². The van der Waals surface area contributed by atoms with Crippen LogP contribution in [-0.4, -0.2) is 48.2 Å². The quantitative estimate of drug-likeness (QED) is 0.862. The molecule has 1 atom stereocenters. The number of nitrogens with zero attached hydrogens (tertiary/aromatic N) is 1. The Bertz CT molecular complexity index is 501. The van der Waals surface area contributed by atoms with Crippen molar-refractivity contribution in [2.75, 3.05) is 20.2 Å². The molecule has 0 saturated carbocycles. The third-order valence-electron chi connectivity index (χ3n) is 3.65. The third-order valence-corrected chi connectivity index (χ3v) is 3.65. The van der Waals surface area contributed by atoms with Crippen molar-refractivity contribution in [2.24, 2.45) is 0 Å². The van der Waals surface area contributed by atoms with E-state index in [9.17, 15) is 9.59 Å². The van der Waals surface area contributed by atoms with Gasteiger partial charge in [0.2, 0.25) is 0 Å². The molecule has 2 N–H and O–H groups in total. The lowest BCUT2D eigenvalue weighted by molar-refractivity contribution is -0.141. The van der Waals surface area contributed by atoms with E-state index in [0.29, 0.717) is 25.9 Å². The average Bonchev–Trinajstić information content (AvgIpc) is 2.97. The van der Waals surface area contributed by atoms with Crippen LogP contribution in [0.5, 0.6) is 5.75 Å². The predicted molar refractivity (Wildman–Crippen MR) is 77.5 cm³/mol. The molecule has 6 heteroatoms. The summed E-state index contributed by atoms with van der Waals surface area (Å²) in [6, 6.07) is 6.65. The van der Waals surface area contributed by atoms with Crippen LogP contribution < -0.4 is 10.1 Å². The normalized spacial score (nSPS) is 17.6. The summed E-state index contributed by atoms with van der Waals surface area (Å²) < 4.78 is 5.08. The number of hydrogen-bond donors (Lipinski definition) is 2. The molecule has 2 rings (SSSR count). The number of aliphatic carboxylic acids is 1. The smallest absolute Gasteiger partial charge is 0.326 e. The number of carbonyl (C=O) groups is 2.